The van der Waals surface area contributed by atoms with Crippen LogP contribution >= 0.6 is 0 Å². The van der Waals surface area contributed by atoms with Gasteiger partial charge in [-0.3, -0.25) is 0 Å². The quantitative estimate of drug-likeness (QED) is 0.143. The predicted molar refractivity (Wildman–Crippen MR) is 111 cm³/mol. The highest BCUT2D eigenvalue weighted by Crippen LogP contribution is 2.36. The van der Waals surface area contributed by atoms with Gasteiger partial charge in [0.25, 0.3) is 0 Å². The largest absolute Gasteiger partial charge is 0.239 e. The second-order valence-electron chi connectivity index (χ2n) is 7.71. The van der Waals surface area contributed by atoms with Gasteiger partial charge in [0.15, 0.2) is 23.3 Å². The van der Waals surface area contributed by atoms with Gasteiger partial charge in [0, 0.05) is 12.5 Å². The number of hydrogen-bond acceptors (Lipinski definition) is 1. The molecule has 0 saturated carbocycles. The zero-order valence-electron chi connectivity index (χ0n) is 18.1. The Morgan fingerprint density at radius 3 is 1.74 bits per heavy atom. The number of aromatic nitrogens is 2. The number of nitrogens with zero attached hydrogens (tertiary/aromatic N) is 2. The highest BCUT2D eigenvalue weighted by molar-refractivity contribution is 5.79. The minimum Gasteiger partial charge on any atom is -0.234 e. The highest BCUT2D eigenvalue weighted by Gasteiger charge is 2.33. The Morgan fingerprint density at radius 1 is 0.647 bits per heavy atom. The fraction of sp³-hybridized carbons (Fsp3) is 0.120. The normalized spacial score (nSPS) is 11.2. The van der Waals surface area contributed by atoms with Crippen molar-refractivity contribution in [1.29, 1.82) is 0 Å². The highest BCUT2D eigenvalue weighted by atomic mass is 19.2. The van der Waals surface area contributed by atoms with Gasteiger partial charge in [-0.1, -0.05) is 0 Å². The maximum Gasteiger partial charge on any atom is 0.239 e. The van der Waals surface area contributed by atoms with Gasteiger partial charge in [0.1, 0.15) is 30.1 Å². The Hall–Kier alpha value is -3.75. The van der Waals surface area contributed by atoms with Crippen molar-refractivity contribution in [2.45, 2.75) is 13.8 Å². The van der Waals surface area contributed by atoms with E-state index >= 15 is 0 Å². The summed E-state index contributed by atoms with van der Waals surface area (Å²) in [6, 6.07) is 8.95. The van der Waals surface area contributed by atoms with Crippen molar-refractivity contribution in [3.63, 3.8) is 0 Å². The average Bonchev–Trinajstić information content (AvgIpc) is 2.80. The predicted octanol–water partition coefficient (Wildman–Crippen LogP) is 6.50. The Bertz CT molecular complexity index is 1420. The van der Waals surface area contributed by atoms with Crippen LogP contribution in [0, 0.1) is 54.6 Å². The average molecular weight is 477 g/mol. The molecule has 2 nitrogen and oxygen atoms in total. The molecule has 0 radical (unpaired) electrons. The number of benzene rings is 3. The zero-order valence-corrected chi connectivity index (χ0v) is 18.1. The molecular formula is C25H16F7N2+. The van der Waals surface area contributed by atoms with E-state index in [4.69, 9.17) is 0 Å². The number of hydrogen-bond donors (Lipinski definition) is 0. The smallest absolute Gasteiger partial charge is 0.234 e. The van der Waals surface area contributed by atoms with Gasteiger partial charge in [0.2, 0.25) is 17.2 Å². The monoisotopic (exact) mass is 477 g/mol. The first-order chi connectivity index (χ1) is 16.0. The first-order valence-electron chi connectivity index (χ1n) is 9.97. The summed E-state index contributed by atoms with van der Waals surface area (Å²) in [4.78, 5) is 4.30. The lowest BCUT2D eigenvalue weighted by Crippen LogP contribution is -2.37. The van der Waals surface area contributed by atoms with Crippen LogP contribution in [0.15, 0.2) is 42.5 Å². The first-order valence-corrected chi connectivity index (χ1v) is 9.97. The summed E-state index contributed by atoms with van der Waals surface area (Å²) >= 11 is 0. The Balaban J connectivity index is 2.14. The summed E-state index contributed by atoms with van der Waals surface area (Å²) in [6.07, 6.45) is 0. The summed E-state index contributed by atoms with van der Waals surface area (Å²) in [5.74, 6) is -11.6. The van der Waals surface area contributed by atoms with Gasteiger partial charge in [-0.15, -0.1) is 0 Å². The molecule has 0 saturated heterocycles. The molecule has 9 heteroatoms. The first kappa shape index (κ1) is 23.4. The molecule has 0 aliphatic carbocycles. The van der Waals surface area contributed by atoms with E-state index < -0.39 is 52.0 Å². The van der Waals surface area contributed by atoms with E-state index in [2.05, 4.69) is 4.98 Å². The third-order valence-corrected chi connectivity index (χ3v) is 5.64. The fourth-order valence-electron chi connectivity index (χ4n) is 3.79. The summed E-state index contributed by atoms with van der Waals surface area (Å²) in [7, 11) is 1.51. The Morgan fingerprint density at radius 2 is 1.18 bits per heavy atom. The summed E-state index contributed by atoms with van der Waals surface area (Å²) in [6.45, 7) is 3.04. The van der Waals surface area contributed by atoms with Crippen molar-refractivity contribution in [1.82, 2.24) is 4.98 Å². The molecule has 4 rings (SSSR count). The minimum atomic E-state index is -2.28. The number of aryl methyl sites for hydroxylation is 1. The lowest BCUT2D eigenvalue weighted by Gasteiger charge is -2.15. The standard InChI is InChI=1S/C25H16F7N2/c1-11-10-15(27)8-9-16(11)25-24(13-4-6-14(26)7-5-13)33-23(12(2)34(25)3)17-18(28)20(30)22(32)21(31)19(17)29/h4-10H,1-3H3/q+1. The van der Waals surface area contributed by atoms with Gasteiger partial charge in [0.05, 0.1) is 11.1 Å². The summed E-state index contributed by atoms with van der Waals surface area (Å²) in [5, 5.41) is 0. The van der Waals surface area contributed by atoms with Crippen molar-refractivity contribution < 1.29 is 35.3 Å². The van der Waals surface area contributed by atoms with Crippen LogP contribution in [0.4, 0.5) is 30.7 Å². The van der Waals surface area contributed by atoms with Crippen LogP contribution in [-0.4, -0.2) is 4.98 Å². The fourth-order valence-corrected chi connectivity index (χ4v) is 3.79. The van der Waals surface area contributed by atoms with E-state index in [1.54, 1.807) is 6.92 Å². The second kappa shape index (κ2) is 8.55. The van der Waals surface area contributed by atoms with Crippen LogP contribution in [-0.2, 0) is 7.05 Å². The molecule has 0 aliphatic rings. The number of halogens is 7. The van der Waals surface area contributed by atoms with Crippen LogP contribution in [0.5, 0.6) is 0 Å². The maximum absolute atomic E-state index is 14.7. The van der Waals surface area contributed by atoms with Crippen molar-refractivity contribution in [3.8, 4) is 33.8 Å². The van der Waals surface area contributed by atoms with E-state index in [0.29, 0.717) is 22.4 Å². The SMILES string of the molecule is Cc1cc(F)ccc1-c1c(-c2ccc(F)cc2)nc(-c2c(F)c(F)c(F)c(F)c2F)c(C)[n+]1C. The van der Waals surface area contributed by atoms with Crippen molar-refractivity contribution in [2.75, 3.05) is 0 Å². The van der Waals surface area contributed by atoms with Crippen molar-refractivity contribution in [2.24, 2.45) is 7.05 Å². The molecule has 0 aliphatic heterocycles. The van der Waals surface area contributed by atoms with E-state index in [1.165, 1.54) is 48.9 Å². The van der Waals surface area contributed by atoms with Crippen LogP contribution in [0.25, 0.3) is 33.8 Å². The molecule has 34 heavy (non-hydrogen) atoms. The minimum absolute atomic E-state index is 0.0711. The van der Waals surface area contributed by atoms with Gasteiger partial charge >= 0.3 is 0 Å². The molecule has 1 aromatic heterocycles. The molecule has 0 spiro atoms. The summed E-state index contributed by atoms with van der Waals surface area (Å²) in [5.41, 5.74) is 0.157. The Kier molecular flexibility index (Phi) is 5.89. The van der Waals surface area contributed by atoms with Crippen LogP contribution in [0.2, 0.25) is 0 Å². The van der Waals surface area contributed by atoms with E-state index in [0.717, 1.165) is 12.1 Å². The number of rotatable bonds is 3. The van der Waals surface area contributed by atoms with Crippen LogP contribution in [0.3, 0.4) is 0 Å². The molecule has 4 aromatic rings. The van der Waals surface area contributed by atoms with Gasteiger partial charge in [-0.05, 0) is 55.0 Å². The van der Waals surface area contributed by atoms with Gasteiger partial charge in [-0.2, -0.15) is 4.57 Å². The second-order valence-corrected chi connectivity index (χ2v) is 7.71. The molecule has 0 bridgehead atoms. The van der Waals surface area contributed by atoms with Gasteiger partial charge < -0.3 is 0 Å². The van der Waals surface area contributed by atoms with Gasteiger partial charge in [-0.25, -0.2) is 35.7 Å². The lowest BCUT2D eigenvalue weighted by atomic mass is 9.98. The topological polar surface area (TPSA) is 16.8 Å². The molecule has 0 fully saturated rings. The third-order valence-electron chi connectivity index (χ3n) is 5.64. The summed E-state index contributed by atoms with van der Waals surface area (Å²) < 4.78 is 99.6. The molecule has 3 aromatic carbocycles. The maximum atomic E-state index is 14.7. The molecule has 0 amide bonds. The van der Waals surface area contributed by atoms with Crippen molar-refractivity contribution in [3.05, 3.63) is 94.4 Å². The molecule has 174 valence electrons. The molecule has 0 atom stereocenters. The zero-order chi connectivity index (χ0) is 24.9. The van der Waals surface area contributed by atoms with Crippen LogP contribution in [0.1, 0.15) is 11.3 Å². The lowest BCUT2D eigenvalue weighted by molar-refractivity contribution is -0.666. The Labute approximate surface area is 190 Å². The van der Waals surface area contributed by atoms with Crippen molar-refractivity contribution >= 4 is 0 Å². The van der Waals surface area contributed by atoms with E-state index in [-0.39, 0.29) is 11.4 Å². The molecule has 1 heterocycles. The third kappa shape index (κ3) is 3.70. The van der Waals surface area contributed by atoms with E-state index in [9.17, 15) is 30.7 Å². The van der Waals surface area contributed by atoms with E-state index in [1.807, 2.05) is 0 Å². The molecule has 0 N–H and O–H groups in total. The molecule has 0 unspecified atom stereocenters. The van der Waals surface area contributed by atoms with Crippen LogP contribution < -0.4 is 4.57 Å². The molecular weight excluding hydrogens is 461 g/mol.